The standard InChI is InChI=1S/C57H40N2O/c1-57(2)49-26-10-6-22-43(49)44-31-30-38(36-50(44)57)37-16-14-20-41(34-37)58(40-18-4-3-5-19-40)53-33-32-48-47-25-9-13-29-54(47)60-56(48)55(53)39-17-15-21-42(35-39)59-51-27-11-7-23-45(51)46-24-8-12-28-52(46)59/h3-36H,1-2H3. The first kappa shape index (κ1) is 34.4. The highest BCUT2D eigenvalue weighted by atomic mass is 16.3. The van der Waals surface area contributed by atoms with Gasteiger partial charge in [0.2, 0.25) is 0 Å². The Labute approximate surface area is 349 Å². The first-order valence-corrected chi connectivity index (χ1v) is 20.8. The summed E-state index contributed by atoms with van der Waals surface area (Å²) in [4.78, 5) is 2.39. The maximum Gasteiger partial charge on any atom is 0.145 e. The quantitative estimate of drug-likeness (QED) is 0.168. The third-order valence-electron chi connectivity index (χ3n) is 12.8. The molecule has 0 saturated heterocycles. The average molecular weight is 769 g/mol. The van der Waals surface area contributed by atoms with E-state index < -0.39 is 0 Å². The molecule has 0 fully saturated rings. The minimum atomic E-state index is -0.0831. The van der Waals surface area contributed by atoms with E-state index in [1.807, 2.05) is 0 Å². The summed E-state index contributed by atoms with van der Waals surface area (Å²) < 4.78 is 9.31. The van der Waals surface area contributed by atoms with Crippen molar-refractivity contribution in [1.29, 1.82) is 0 Å². The molecule has 1 aliphatic carbocycles. The third kappa shape index (κ3) is 5.15. The summed E-state index contributed by atoms with van der Waals surface area (Å²) in [6.07, 6.45) is 0. The Kier molecular flexibility index (Phi) is 7.58. The largest absolute Gasteiger partial charge is 0.455 e. The number of furan rings is 1. The lowest BCUT2D eigenvalue weighted by atomic mass is 9.81. The summed E-state index contributed by atoms with van der Waals surface area (Å²) in [5, 5.41) is 4.68. The molecule has 1 aliphatic rings. The first-order valence-electron chi connectivity index (χ1n) is 20.8. The van der Waals surface area contributed by atoms with Crippen molar-refractivity contribution in [2.24, 2.45) is 0 Å². The summed E-state index contributed by atoms with van der Waals surface area (Å²) in [7, 11) is 0. The fraction of sp³-hybridized carbons (Fsp3) is 0.0526. The van der Waals surface area contributed by atoms with E-state index >= 15 is 0 Å². The Hall–Kier alpha value is -7.62. The van der Waals surface area contributed by atoms with E-state index in [4.69, 9.17) is 4.42 Å². The molecule has 0 saturated carbocycles. The maximum atomic E-state index is 6.92. The van der Waals surface area contributed by atoms with E-state index in [0.717, 1.165) is 55.8 Å². The van der Waals surface area contributed by atoms with Gasteiger partial charge in [-0.2, -0.15) is 0 Å². The number of hydrogen-bond acceptors (Lipinski definition) is 2. The zero-order valence-corrected chi connectivity index (χ0v) is 33.4. The van der Waals surface area contributed by atoms with Gasteiger partial charge in [-0.3, -0.25) is 0 Å². The number of rotatable bonds is 6. The summed E-state index contributed by atoms with van der Waals surface area (Å²) in [5.74, 6) is 0. The molecule has 0 spiro atoms. The normalized spacial score (nSPS) is 13.0. The van der Waals surface area contributed by atoms with Crippen LogP contribution in [0.25, 0.3) is 82.8 Å². The Balaban J connectivity index is 1.08. The van der Waals surface area contributed by atoms with Gasteiger partial charge in [-0.1, -0.05) is 147 Å². The zero-order valence-electron chi connectivity index (χ0n) is 33.4. The van der Waals surface area contributed by atoms with Gasteiger partial charge in [0.25, 0.3) is 0 Å². The number of hydrogen-bond donors (Lipinski definition) is 0. The van der Waals surface area contributed by atoms with Crippen molar-refractivity contribution in [3.05, 3.63) is 217 Å². The first-order chi connectivity index (χ1) is 29.5. The van der Waals surface area contributed by atoms with Crippen LogP contribution in [0.3, 0.4) is 0 Å². The predicted octanol–water partition coefficient (Wildman–Crippen LogP) is 15.8. The summed E-state index contributed by atoms with van der Waals surface area (Å²) in [5.41, 5.74) is 18.2. The van der Waals surface area contributed by atoms with Crippen LogP contribution in [-0.2, 0) is 5.41 Å². The van der Waals surface area contributed by atoms with Gasteiger partial charge in [0.15, 0.2) is 0 Å². The van der Waals surface area contributed by atoms with Crippen LogP contribution >= 0.6 is 0 Å². The maximum absolute atomic E-state index is 6.92. The molecule has 3 nitrogen and oxygen atoms in total. The van der Waals surface area contributed by atoms with Gasteiger partial charge in [0, 0.05) is 49.6 Å². The smallest absolute Gasteiger partial charge is 0.145 e. The van der Waals surface area contributed by atoms with E-state index in [0.29, 0.717) is 0 Å². The van der Waals surface area contributed by atoms with Gasteiger partial charge < -0.3 is 13.9 Å². The highest BCUT2D eigenvalue weighted by Gasteiger charge is 2.35. The number of nitrogens with zero attached hydrogens (tertiary/aromatic N) is 2. The Morgan fingerprint density at radius 1 is 0.433 bits per heavy atom. The van der Waals surface area contributed by atoms with Crippen molar-refractivity contribution >= 4 is 60.8 Å². The molecule has 0 aliphatic heterocycles. The van der Waals surface area contributed by atoms with Gasteiger partial charge in [-0.25, -0.2) is 0 Å². The number of benzene rings is 9. The molecule has 9 aromatic carbocycles. The van der Waals surface area contributed by atoms with Crippen molar-refractivity contribution in [2.75, 3.05) is 4.90 Å². The second-order valence-electron chi connectivity index (χ2n) is 16.5. The van der Waals surface area contributed by atoms with Crippen molar-refractivity contribution in [3.63, 3.8) is 0 Å². The lowest BCUT2D eigenvalue weighted by Gasteiger charge is -2.28. The summed E-state index contributed by atoms with van der Waals surface area (Å²) >= 11 is 0. The summed E-state index contributed by atoms with van der Waals surface area (Å²) in [6.45, 7) is 4.70. The second kappa shape index (κ2) is 13.2. The lowest BCUT2D eigenvalue weighted by molar-refractivity contribution is 0.660. The number of anilines is 3. The molecule has 0 unspecified atom stereocenters. The Morgan fingerprint density at radius 3 is 1.88 bits per heavy atom. The molecule has 0 radical (unpaired) electrons. The molecule has 0 bridgehead atoms. The lowest BCUT2D eigenvalue weighted by Crippen LogP contribution is -2.14. The highest BCUT2D eigenvalue weighted by molar-refractivity contribution is 6.14. The number of fused-ring (bicyclic) bond motifs is 9. The molecule has 2 aromatic heterocycles. The van der Waals surface area contributed by atoms with Crippen LogP contribution in [0.4, 0.5) is 17.1 Å². The van der Waals surface area contributed by atoms with E-state index in [9.17, 15) is 0 Å². The summed E-state index contributed by atoms with van der Waals surface area (Å²) in [6, 6.07) is 74.8. The van der Waals surface area contributed by atoms with E-state index in [1.54, 1.807) is 0 Å². The SMILES string of the molecule is CC1(C)c2ccccc2-c2ccc(-c3cccc(N(c4ccccc4)c4ccc5c(oc6ccccc65)c4-c4cccc(-n5c6ccccc6c6ccccc65)c4)c3)cc21. The van der Waals surface area contributed by atoms with Crippen molar-refractivity contribution < 1.29 is 4.42 Å². The van der Waals surface area contributed by atoms with E-state index in [2.05, 4.69) is 230 Å². The van der Waals surface area contributed by atoms with E-state index in [-0.39, 0.29) is 5.41 Å². The molecule has 0 N–H and O–H groups in total. The number of para-hydroxylation sites is 4. The van der Waals surface area contributed by atoms with Gasteiger partial charge in [0.05, 0.1) is 16.7 Å². The van der Waals surface area contributed by atoms with Crippen LogP contribution in [0.2, 0.25) is 0 Å². The average Bonchev–Trinajstić information content (AvgIpc) is 3.92. The highest BCUT2D eigenvalue weighted by Crippen LogP contribution is 2.51. The second-order valence-corrected chi connectivity index (χ2v) is 16.5. The zero-order chi connectivity index (χ0) is 40.0. The van der Waals surface area contributed by atoms with Crippen LogP contribution in [0.1, 0.15) is 25.0 Å². The molecule has 11 aromatic rings. The van der Waals surface area contributed by atoms with E-state index in [1.165, 1.54) is 55.2 Å². The van der Waals surface area contributed by atoms with Crippen LogP contribution in [0.15, 0.2) is 211 Å². The minimum absolute atomic E-state index is 0.0831. The van der Waals surface area contributed by atoms with Crippen LogP contribution in [0, 0.1) is 0 Å². The van der Waals surface area contributed by atoms with Gasteiger partial charge in [-0.05, 0) is 112 Å². The molecule has 284 valence electrons. The Bertz CT molecular complexity index is 3420. The molecule has 0 atom stereocenters. The Morgan fingerprint density at radius 2 is 1.07 bits per heavy atom. The predicted molar refractivity (Wildman–Crippen MR) is 251 cm³/mol. The molecule has 0 amide bonds. The van der Waals surface area contributed by atoms with Crippen molar-refractivity contribution in [1.82, 2.24) is 4.57 Å². The fourth-order valence-electron chi connectivity index (χ4n) is 9.96. The van der Waals surface area contributed by atoms with Crippen LogP contribution in [0.5, 0.6) is 0 Å². The third-order valence-corrected chi connectivity index (χ3v) is 12.8. The van der Waals surface area contributed by atoms with Crippen LogP contribution in [-0.4, -0.2) is 4.57 Å². The molecule has 60 heavy (non-hydrogen) atoms. The number of aromatic nitrogens is 1. The molecular formula is C57H40N2O. The molecule has 2 heterocycles. The molecular weight excluding hydrogens is 729 g/mol. The fourth-order valence-corrected chi connectivity index (χ4v) is 9.96. The topological polar surface area (TPSA) is 21.3 Å². The van der Waals surface area contributed by atoms with Crippen LogP contribution < -0.4 is 4.90 Å². The van der Waals surface area contributed by atoms with Crippen molar-refractivity contribution in [2.45, 2.75) is 19.3 Å². The molecule has 12 rings (SSSR count). The van der Waals surface area contributed by atoms with Crippen molar-refractivity contribution in [3.8, 4) is 39.1 Å². The monoisotopic (exact) mass is 768 g/mol. The molecule has 3 heteroatoms. The van der Waals surface area contributed by atoms with Gasteiger partial charge >= 0.3 is 0 Å². The van der Waals surface area contributed by atoms with Gasteiger partial charge in [-0.15, -0.1) is 0 Å². The minimum Gasteiger partial charge on any atom is -0.455 e. The van der Waals surface area contributed by atoms with Gasteiger partial charge in [0.1, 0.15) is 11.2 Å².